The zero-order chi connectivity index (χ0) is 22.5. The Morgan fingerprint density at radius 1 is 1.03 bits per heavy atom. The first kappa shape index (κ1) is 20.1. The van der Waals surface area contributed by atoms with Crippen molar-refractivity contribution in [3.8, 4) is 22.6 Å². The normalized spacial score (nSPS) is 22.5. The molecule has 3 aromatic rings. The molecule has 3 aliphatic rings. The number of amides is 1. The molecule has 3 atom stereocenters. The van der Waals surface area contributed by atoms with E-state index in [0.717, 1.165) is 28.8 Å². The lowest BCUT2D eigenvalue weighted by Crippen LogP contribution is -2.42. The minimum atomic E-state index is -0.277. The van der Waals surface area contributed by atoms with E-state index < -0.39 is 0 Å². The van der Waals surface area contributed by atoms with Gasteiger partial charge in [-0.05, 0) is 65.6 Å². The number of aliphatic hydroxyl groups excluding tert-OH is 1. The molecule has 0 aromatic heterocycles. The Balaban J connectivity index is 1.39. The fourth-order valence-electron chi connectivity index (χ4n) is 5.31. The number of ether oxygens (including phenoxy) is 2. The standard InChI is InChI=1S/C26H23FN2O4/c27-18-5-1-15(2-6-18)16-3-7-21-20(11-16)25-19(22(13-30)28-21)9-10-29(25)26(31)17-4-8-23-24(12-17)33-14-32-23/h1-8,11-12,19,22,25,28,30H,9-10,13-14H2/t19-,22-,25-/m1/s1. The highest BCUT2D eigenvalue weighted by atomic mass is 19.1. The maximum atomic E-state index is 13.6. The summed E-state index contributed by atoms with van der Waals surface area (Å²) in [6.45, 7) is 0.748. The van der Waals surface area contributed by atoms with Crippen LogP contribution in [0.5, 0.6) is 11.5 Å². The third-order valence-electron chi connectivity index (χ3n) is 6.93. The van der Waals surface area contributed by atoms with Gasteiger partial charge in [0, 0.05) is 23.7 Å². The Kier molecular flexibility index (Phi) is 4.73. The predicted octanol–water partition coefficient (Wildman–Crippen LogP) is 4.21. The summed E-state index contributed by atoms with van der Waals surface area (Å²) in [5.74, 6) is 0.957. The summed E-state index contributed by atoms with van der Waals surface area (Å²) in [6.07, 6.45) is 0.791. The van der Waals surface area contributed by atoms with E-state index in [4.69, 9.17) is 9.47 Å². The summed E-state index contributed by atoms with van der Waals surface area (Å²) in [7, 11) is 0. The van der Waals surface area contributed by atoms with Gasteiger partial charge in [0.2, 0.25) is 6.79 Å². The molecule has 0 spiro atoms. The van der Waals surface area contributed by atoms with E-state index in [-0.39, 0.29) is 43.1 Å². The van der Waals surface area contributed by atoms with Crippen LogP contribution < -0.4 is 14.8 Å². The van der Waals surface area contributed by atoms with Crippen LogP contribution in [0.1, 0.15) is 28.4 Å². The molecular weight excluding hydrogens is 423 g/mol. The monoisotopic (exact) mass is 446 g/mol. The fraction of sp³-hybridized carbons (Fsp3) is 0.269. The fourth-order valence-corrected chi connectivity index (χ4v) is 5.31. The van der Waals surface area contributed by atoms with E-state index in [0.29, 0.717) is 23.6 Å². The minimum absolute atomic E-state index is 0.00756. The van der Waals surface area contributed by atoms with Crippen molar-refractivity contribution < 1.29 is 23.8 Å². The molecule has 168 valence electrons. The summed E-state index contributed by atoms with van der Waals surface area (Å²) < 4.78 is 24.3. The van der Waals surface area contributed by atoms with E-state index in [2.05, 4.69) is 11.4 Å². The lowest BCUT2D eigenvalue weighted by Gasteiger charge is -2.39. The summed E-state index contributed by atoms with van der Waals surface area (Å²) in [5, 5.41) is 13.5. The third kappa shape index (κ3) is 3.31. The molecule has 0 radical (unpaired) electrons. The number of carbonyl (C=O) groups is 1. The van der Waals surface area contributed by atoms with Crippen molar-refractivity contribution in [2.75, 3.05) is 25.3 Å². The zero-order valence-corrected chi connectivity index (χ0v) is 17.8. The van der Waals surface area contributed by atoms with Gasteiger partial charge in [-0.3, -0.25) is 4.79 Å². The van der Waals surface area contributed by atoms with Crippen LogP contribution in [0.3, 0.4) is 0 Å². The van der Waals surface area contributed by atoms with Gasteiger partial charge < -0.3 is 24.8 Å². The molecule has 33 heavy (non-hydrogen) atoms. The van der Waals surface area contributed by atoms with Gasteiger partial charge in [0.15, 0.2) is 11.5 Å². The molecule has 1 saturated heterocycles. The lowest BCUT2D eigenvalue weighted by molar-refractivity contribution is 0.0700. The molecule has 6 nitrogen and oxygen atoms in total. The molecule has 1 fully saturated rings. The first-order valence-corrected chi connectivity index (χ1v) is 11.1. The van der Waals surface area contributed by atoms with Gasteiger partial charge in [0.25, 0.3) is 5.91 Å². The number of nitrogens with zero attached hydrogens (tertiary/aromatic N) is 1. The van der Waals surface area contributed by atoms with Gasteiger partial charge in [-0.1, -0.05) is 18.2 Å². The quantitative estimate of drug-likeness (QED) is 0.631. The van der Waals surface area contributed by atoms with Crippen LogP contribution in [0.25, 0.3) is 11.1 Å². The Morgan fingerprint density at radius 3 is 2.64 bits per heavy atom. The van der Waals surface area contributed by atoms with Crippen molar-refractivity contribution >= 4 is 11.6 Å². The molecule has 7 heteroatoms. The van der Waals surface area contributed by atoms with Crippen LogP contribution in [0, 0.1) is 11.7 Å². The maximum Gasteiger partial charge on any atom is 0.254 e. The second-order valence-corrected chi connectivity index (χ2v) is 8.71. The van der Waals surface area contributed by atoms with E-state index >= 15 is 0 Å². The summed E-state index contributed by atoms with van der Waals surface area (Å²) in [4.78, 5) is 15.5. The molecule has 3 heterocycles. The van der Waals surface area contributed by atoms with Gasteiger partial charge in [-0.2, -0.15) is 0 Å². The molecule has 2 N–H and O–H groups in total. The first-order chi connectivity index (χ1) is 16.1. The van der Waals surface area contributed by atoms with Crippen LogP contribution in [-0.4, -0.2) is 41.9 Å². The average Bonchev–Trinajstić information content (AvgIpc) is 3.50. The van der Waals surface area contributed by atoms with Crippen LogP contribution in [-0.2, 0) is 0 Å². The second kappa shape index (κ2) is 7.78. The molecule has 0 aliphatic carbocycles. The number of halogens is 1. The van der Waals surface area contributed by atoms with E-state index in [9.17, 15) is 14.3 Å². The smallest absolute Gasteiger partial charge is 0.254 e. The zero-order valence-electron chi connectivity index (χ0n) is 17.8. The first-order valence-electron chi connectivity index (χ1n) is 11.1. The highest BCUT2D eigenvalue weighted by molar-refractivity contribution is 5.95. The highest BCUT2D eigenvalue weighted by Crippen LogP contribution is 2.48. The van der Waals surface area contributed by atoms with E-state index in [1.165, 1.54) is 12.1 Å². The Morgan fingerprint density at radius 2 is 1.82 bits per heavy atom. The summed E-state index contributed by atoms with van der Waals surface area (Å²) in [5.41, 5.74) is 4.34. The van der Waals surface area contributed by atoms with Crippen molar-refractivity contribution in [2.24, 2.45) is 5.92 Å². The topological polar surface area (TPSA) is 71.0 Å². The van der Waals surface area contributed by atoms with Gasteiger partial charge in [-0.15, -0.1) is 0 Å². The largest absolute Gasteiger partial charge is 0.454 e. The predicted molar refractivity (Wildman–Crippen MR) is 121 cm³/mol. The Labute approximate surface area is 190 Å². The number of likely N-dealkylation sites (tertiary alicyclic amines) is 1. The molecule has 3 aliphatic heterocycles. The number of benzene rings is 3. The average molecular weight is 446 g/mol. The van der Waals surface area contributed by atoms with Crippen molar-refractivity contribution in [3.05, 3.63) is 77.6 Å². The molecular formula is C26H23FN2O4. The SMILES string of the molecule is O=C(c1ccc2c(c1)OCO2)N1CC[C@@H]2[C@@H](CO)Nc3ccc(-c4ccc(F)cc4)cc3[C@@H]21. The third-order valence-corrected chi connectivity index (χ3v) is 6.93. The van der Waals surface area contributed by atoms with Gasteiger partial charge in [-0.25, -0.2) is 4.39 Å². The maximum absolute atomic E-state index is 13.6. The van der Waals surface area contributed by atoms with E-state index in [1.54, 1.807) is 30.3 Å². The van der Waals surface area contributed by atoms with Gasteiger partial charge in [0.05, 0.1) is 18.7 Å². The Hall–Kier alpha value is -3.58. The molecule has 6 rings (SSSR count). The van der Waals surface area contributed by atoms with Crippen LogP contribution in [0.2, 0.25) is 0 Å². The molecule has 0 unspecified atom stereocenters. The van der Waals surface area contributed by atoms with Gasteiger partial charge >= 0.3 is 0 Å². The van der Waals surface area contributed by atoms with Crippen molar-refractivity contribution in [3.63, 3.8) is 0 Å². The van der Waals surface area contributed by atoms with Crippen LogP contribution in [0.4, 0.5) is 10.1 Å². The number of fused-ring (bicyclic) bond motifs is 4. The van der Waals surface area contributed by atoms with Crippen LogP contribution >= 0.6 is 0 Å². The number of hydrogen-bond donors (Lipinski definition) is 2. The number of aliphatic hydroxyl groups is 1. The van der Waals surface area contributed by atoms with Crippen molar-refractivity contribution in [1.82, 2.24) is 4.90 Å². The molecule has 0 bridgehead atoms. The Bertz CT molecular complexity index is 1230. The highest BCUT2D eigenvalue weighted by Gasteiger charge is 2.46. The van der Waals surface area contributed by atoms with Crippen molar-refractivity contribution in [2.45, 2.75) is 18.5 Å². The van der Waals surface area contributed by atoms with E-state index in [1.807, 2.05) is 17.0 Å². The number of rotatable bonds is 3. The molecule has 0 saturated carbocycles. The molecule has 1 amide bonds. The number of carbonyl (C=O) groups excluding carboxylic acids is 1. The summed E-state index contributed by atoms with van der Waals surface area (Å²) >= 11 is 0. The number of anilines is 1. The van der Waals surface area contributed by atoms with Crippen molar-refractivity contribution in [1.29, 1.82) is 0 Å². The second-order valence-electron chi connectivity index (χ2n) is 8.71. The lowest BCUT2D eigenvalue weighted by atomic mass is 9.82. The number of hydrogen-bond acceptors (Lipinski definition) is 5. The molecule has 3 aromatic carbocycles. The number of nitrogens with one attached hydrogen (secondary N) is 1. The summed E-state index contributed by atoms with van der Waals surface area (Å²) in [6, 6.07) is 17.4. The van der Waals surface area contributed by atoms with Crippen LogP contribution in [0.15, 0.2) is 60.7 Å². The minimum Gasteiger partial charge on any atom is -0.454 e. The van der Waals surface area contributed by atoms with Gasteiger partial charge in [0.1, 0.15) is 5.82 Å².